The second-order valence-corrected chi connectivity index (χ2v) is 12.6. The van der Waals surface area contributed by atoms with E-state index in [1.54, 1.807) is 11.3 Å². The second kappa shape index (κ2) is 11.3. The van der Waals surface area contributed by atoms with Crippen molar-refractivity contribution >= 4 is 32.4 Å². The highest BCUT2D eigenvalue weighted by atomic mass is 32.1. The number of Topliss-reactive ketones (excluding diaryl/α,β-unsaturated/α-hetero) is 1. The first-order chi connectivity index (χ1) is 19.7. The average Bonchev–Trinajstić information content (AvgIpc) is 3.65. The number of nitrogens with zero attached hydrogens (tertiary/aromatic N) is 5. The zero-order chi connectivity index (χ0) is 28.6. The maximum absolute atomic E-state index is 12.7. The van der Waals surface area contributed by atoms with Crippen LogP contribution in [0, 0.1) is 0 Å². The Bertz CT molecular complexity index is 1660. The number of ketones is 1. The monoisotopic (exact) mass is 573 g/mol. The minimum Gasteiger partial charge on any atom is -0.476 e. The third-order valence-corrected chi connectivity index (χ3v) is 8.36. The SMILES string of the molecule is C[C@@H]1COCCN1CCOc1ccc2c(n1)sc1nc(-c3ccc(CC(=O)Cc4cc(C(C)(C)C)on4)cc3)cn12. The maximum atomic E-state index is 12.7. The predicted octanol–water partition coefficient (Wildman–Crippen LogP) is 5.35. The number of carbonyl (C=O) groups excluding carboxylic acids is 1. The highest BCUT2D eigenvalue weighted by Crippen LogP contribution is 2.30. The molecule has 0 unspecified atom stereocenters. The van der Waals surface area contributed by atoms with Gasteiger partial charge in [0.05, 0.1) is 36.5 Å². The smallest absolute Gasteiger partial charge is 0.214 e. The minimum atomic E-state index is -0.131. The lowest BCUT2D eigenvalue weighted by Crippen LogP contribution is -2.45. The van der Waals surface area contributed by atoms with Crippen LogP contribution in [0.1, 0.15) is 44.7 Å². The van der Waals surface area contributed by atoms with Crippen molar-refractivity contribution in [3.63, 3.8) is 0 Å². The van der Waals surface area contributed by atoms with Crippen LogP contribution in [0.15, 0.2) is 53.2 Å². The molecule has 1 saturated heterocycles. The Morgan fingerprint density at radius 3 is 2.71 bits per heavy atom. The first kappa shape index (κ1) is 27.6. The fourth-order valence-corrected chi connectivity index (χ4v) is 5.96. The molecular formula is C31H35N5O4S. The van der Waals surface area contributed by atoms with E-state index < -0.39 is 0 Å². The van der Waals surface area contributed by atoms with E-state index in [1.807, 2.05) is 48.7 Å². The van der Waals surface area contributed by atoms with Crippen LogP contribution in [0.5, 0.6) is 5.88 Å². The Hall–Kier alpha value is -3.60. The van der Waals surface area contributed by atoms with Crippen molar-refractivity contribution in [1.29, 1.82) is 0 Å². The zero-order valence-electron chi connectivity index (χ0n) is 23.9. The van der Waals surface area contributed by atoms with Gasteiger partial charge in [-0.05, 0) is 18.6 Å². The molecule has 1 aliphatic heterocycles. The third-order valence-electron chi connectivity index (χ3n) is 7.40. The van der Waals surface area contributed by atoms with Crippen LogP contribution in [0.2, 0.25) is 0 Å². The molecule has 0 amide bonds. The normalized spacial score (nSPS) is 16.5. The van der Waals surface area contributed by atoms with Crippen LogP contribution in [0.3, 0.4) is 0 Å². The number of carbonyl (C=O) groups is 1. The Kier molecular flexibility index (Phi) is 7.63. The molecule has 0 N–H and O–H groups in total. The van der Waals surface area contributed by atoms with E-state index in [4.69, 9.17) is 24.0 Å². The standard InChI is InChI=1S/C31H35N5O4S/c1-20-19-38-13-11-35(20)12-14-39-28-10-9-26-29(33-28)41-30-32-25(18-36(26)30)22-7-5-21(6-8-22)15-24(37)16-23-17-27(40-34-23)31(2,3)4/h5-10,17-18,20H,11-16,19H2,1-4H3/t20-/m1/s1. The van der Waals surface area contributed by atoms with Crippen LogP contribution in [-0.2, 0) is 27.8 Å². The van der Waals surface area contributed by atoms with Gasteiger partial charge in [-0.3, -0.25) is 14.1 Å². The van der Waals surface area contributed by atoms with Crippen molar-refractivity contribution in [3.05, 3.63) is 65.7 Å². The quantitative estimate of drug-likeness (QED) is 0.233. The highest BCUT2D eigenvalue weighted by Gasteiger charge is 2.21. The predicted molar refractivity (Wildman–Crippen MR) is 159 cm³/mol. The van der Waals surface area contributed by atoms with E-state index in [2.05, 4.69) is 42.2 Å². The van der Waals surface area contributed by atoms with E-state index >= 15 is 0 Å². The molecule has 1 aromatic carbocycles. The van der Waals surface area contributed by atoms with Gasteiger partial charge in [0.2, 0.25) is 5.88 Å². The molecule has 0 bridgehead atoms. The van der Waals surface area contributed by atoms with Crippen LogP contribution in [-0.4, -0.2) is 69.2 Å². The molecule has 0 aliphatic carbocycles. The Morgan fingerprint density at radius 1 is 1.12 bits per heavy atom. The lowest BCUT2D eigenvalue weighted by molar-refractivity contribution is -0.117. The number of imidazole rings is 1. The van der Waals surface area contributed by atoms with Gasteiger partial charge in [0.25, 0.3) is 0 Å². The minimum absolute atomic E-state index is 0.104. The van der Waals surface area contributed by atoms with Crippen molar-refractivity contribution in [1.82, 2.24) is 24.4 Å². The number of hydrogen-bond acceptors (Lipinski definition) is 9. The lowest BCUT2D eigenvalue weighted by Gasteiger charge is -2.32. The largest absolute Gasteiger partial charge is 0.476 e. The number of ether oxygens (including phenoxy) is 2. The summed E-state index contributed by atoms with van der Waals surface area (Å²) in [6, 6.07) is 14.3. The molecule has 1 aliphatic rings. The van der Waals surface area contributed by atoms with Gasteiger partial charge in [-0.1, -0.05) is 61.5 Å². The van der Waals surface area contributed by atoms with Crippen molar-refractivity contribution in [2.45, 2.75) is 52.0 Å². The van der Waals surface area contributed by atoms with Crippen molar-refractivity contribution < 1.29 is 18.8 Å². The van der Waals surface area contributed by atoms with Gasteiger partial charge in [0.15, 0.2) is 4.96 Å². The fourth-order valence-electron chi connectivity index (χ4n) is 4.98. The highest BCUT2D eigenvalue weighted by molar-refractivity contribution is 7.23. The van der Waals surface area contributed by atoms with Crippen molar-refractivity contribution in [2.24, 2.45) is 0 Å². The molecule has 4 aromatic heterocycles. The summed E-state index contributed by atoms with van der Waals surface area (Å²) in [5, 5.41) is 4.07. The number of benzene rings is 1. The number of pyridine rings is 1. The average molecular weight is 574 g/mol. The van der Waals surface area contributed by atoms with Gasteiger partial charge in [-0.15, -0.1) is 0 Å². The molecule has 0 spiro atoms. The number of thiazole rings is 1. The van der Waals surface area contributed by atoms with Gasteiger partial charge in [-0.25, -0.2) is 9.97 Å². The lowest BCUT2D eigenvalue weighted by atomic mass is 9.93. The Labute approximate surface area is 243 Å². The topological polar surface area (TPSA) is 95.0 Å². The summed E-state index contributed by atoms with van der Waals surface area (Å²) in [6.45, 7) is 12.3. The number of rotatable bonds is 9. The van der Waals surface area contributed by atoms with Gasteiger partial charge in [0, 0.05) is 54.9 Å². The van der Waals surface area contributed by atoms with E-state index in [9.17, 15) is 4.79 Å². The van der Waals surface area contributed by atoms with E-state index in [1.165, 1.54) is 0 Å². The summed E-state index contributed by atoms with van der Waals surface area (Å²) < 4.78 is 19.0. The molecule has 1 atom stereocenters. The molecule has 9 nitrogen and oxygen atoms in total. The molecule has 1 fully saturated rings. The fraction of sp³-hybridized carbons (Fsp3) is 0.419. The van der Waals surface area contributed by atoms with Gasteiger partial charge in [-0.2, -0.15) is 0 Å². The zero-order valence-corrected chi connectivity index (χ0v) is 24.7. The van der Waals surface area contributed by atoms with Crippen molar-refractivity contribution in [3.8, 4) is 17.1 Å². The number of aromatic nitrogens is 4. The Morgan fingerprint density at radius 2 is 1.95 bits per heavy atom. The molecule has 5 aromatic rings. The summed E-state index contributed by atoms with van der Waals surface area (Å²) >= 11 is 1.54. The van der Waals surface area contributed by atoms with E-state index in [0.717, 1.165) is 64.2 Å². The van der Waals surface area contributed by atoms with Crippen LogP contribution in [0.4, 0.5) is 0 Å². The maximum Gasteiger partial charge on any atom is 0.214 e. The number of morpholine rings is 1. The third kappa shape index (κ3) is 6.19. The van der Waals surface area contributed by atoms with E-state index in [0.29, 0.717) is 30.6 Å². The Balaban J connectivity index is 1.08. The molecule has 5 heterocycles. The van der Waals surface area contributed by atoms with E-state index in [-0.39, 0.29) is 17.6 Å². The molecule has 214 valence electrons. The van der Waals surface area contributed by atoms with Gasteiger partial charge < -0.3 is 14.0 Å². The van der Waals surface area contributed by atoms with Crippen LogP contribution in [0.25, 0.3) is 26.6 Å². The molecule has 6 rings (SSSR count). The summed E-state index contributed by atoms with van der Waals surface area (Å²) in [4.78, 5) is 26.4. The van der Waals surface area contributed by atoms with Crippen molar-refractivity contribution in [2.75, 3.05) is 32.9 Å². The molecule has 41 heavy (non-hydrogen) atoms. The summed E-state index contributed by atoms with van der Waals surface area (Å²) in [6.07, 6.45) is 2.65. The molecule has 0 saturated carbocycles. The second-order valence-electron chi connectivity index (χ2n) is 11.7. The summed E-state index contributed by atoms with van der Waals surface area (Å²) in [7, 11) is 0. The number of hydrogen-bond donors (Lipinski definition) is 0. The number of fused-ring (bicyclic) bond motifs is 3. The summed E-state index contributed by atoms with van der Waals surface area (Å²) in [5.41, 5.74) is 4.40. The first-order valence-electron chi connectivity index (χ1n) is 14.0. The molecular weight excluding hydrogens is 538 g/mol. The van der Waals surface area contributed by atoms with Gasteiger partial charge in [0.1, 0.15) is 23.0 Å². The van der Waals surface area contributed by atoms with Crippen LogP contribution >= 0.6 is 11.3 Å². The molecule has 10 heteroatoms. The first-order valence-corrected chi connectivity index (χ1v) is 14.8. The van der Waals surface area contributed by atoms with Crippen LogP contribution < -0.4 is 4.74 Å². The molecule has 0 radical (unpaired) electrons. The van der Waals surface area contributed by atoms with Gasteiger partial charge >= 0.3 is 0 Å². The summed E-state index contributed by atoms with van der Waals surface area (Å²) in [5.74, 6) is 1.52.